The van der Waals surface area contributed by atoms with Crippen LogP contribution in [0.15, 0.2) is 35.3 Å². The molecule has 0 saturated carbocycles. The van der Waals surface area contributed by atoms with E-state index in [0.717, 1.165) is 38.7 Å². The highest BCUT2D eigenvalue weighted by molar-refractivity contribution is 14.0. The van der Waals surface area contributed by atoms with Crippen molar-refractivity contribution in [1.29, 1.82) is 0 Å². The van der Waals surface area contributed by atoms with Crippen molar-refractivity contribution in [2.75, 3.05) is 58.3 Å². The number of piperazine rings is 1. The lowest BCUT2D eigenvalue weighted by Gasteiger charge is -2.38. The van der Waals surface area contributed by atoms with E-state index in [9.17, 15) is 4.79 Å². The fourth-order valence-corrected chi connectivity index (χ4v) is 2.66. The predicted octanol–water partition coefficient (Wildman–Crippen LogP) is 2.12. The Morgan fingerprint density at radius 2 is 1.77 bits per heavy atom. The molecule has 0 atom stereocenters. The number of anilines is 1. The van der Waals surface area contributed by atoms with Gasteiger partial charge in [0.25, 0.3) is 0 Å². The summed E-state index contributed by atoms with van der Waals surface area (Å²) in [5, 5.41) is 3.42. The first kappa shape index (κ1) is 22.5. The Morgan fingerprint density at radius 1 is 1.15 bits per heavy atom. The van der Waals surface area contributed by atoms with Crippen molar-refractivity contribution in [3.8, 4) is 0 Å². The second-order valence-electron chi connectivity index (χ2n) is 7.01. The van der Waals surface area contributed by atoms with Crippen molar-refractivity contribution in [1.82, 2.24) is 15.1 Å². The molecule has 26 heavy (non-hydrogen) atoms. The molecule has 7 heteroatoms. The zero-order valence-electron chi connectivity index (χ0n) is 16.3. The molecule has 1 N–H and O–H groups in total. The number of guanidine groups is 1. The Hall–Kier alpha value is -1.51. The number of rotatable bonds is 5. The van der Waals surface area contributed by atoms with E-state index < -0.39 is 0 Å². The summed E-state index contributed by atoms with van der Waals surface area (Å²) in [5.74, 6) is 1.39. The highest BCUT2D eigenvalue weighted by Gasteiger charge is 2.20. The van der Waals surface area contributed by atoms with Gasteiger partial charge in [0.2, 0.25) is 5.91 Å². The van der Waals surface area contributed by atoms with Crippen molar-refractivity contribution < 1.29 is 4.79 Å². The fraction of sp³-hybridized carbons (Fsp3) is 0.579. The molecule has 1 aromatic rings. The molecule has 1 aromatic carbocycles. The van der Waals surface area contributed by atoms with Gasteiger partial charge in [-0.3, -0.25) is 4.79 Å². The molecule has 0 aromatic heterocycles. The van der Waals surface area contributed by atoms with E-state index in [1.165, 1.54) is 5.69 Å². The monoisotopic (exact) mass is 473 g/mol. The molecular weight excluding hydrogens is 441 g/mol. The molecule has 0 aliphatic carbocycles. The van der Waals surface area contributed by atoms with Gasteiger partial charge in [-0.2, -0.15) is 0 Å². The Bertz CT molecular complexity index is 569. The molecule has 1 aliphatic heterocycles. The number of hydrogen-bond acceptors (Lipinski definition) is 3. The highest BCUT2D eigenvalue weighted by atomic mass is 127. The third-order valence-corrected chi connectivity index (χ3v) is 4.23. The number of amides is 1. The number of nitrogens with one attached hydrogen (secondary N) is 1. The molecule has 0 spiro atoms. The van der Waals surface area contributed by atoms with Crippen LogP contribution in [0.3, 0.4) is 0 Å². The zero-order chi connectivity index (χ0) is 18.2. The number of halogens is 1. The molecule has 2 rings (SSSR count). The van der Waals surface area contributed by atoms with E-state index in [-0.39, 0.29) is 36.4 Å². The van der Waals surface area contributed by atoms with Crippen LogP contribution in [0.2, 0.25) is 0 Å². The number of benzene rings is 1. The predicted molar refractivity (Wildman–Crippen MR) is 119 cm³/mol. The second kappa shape index (κ2) is 11.3. The average Bonchev–Trinajstić information content (AvgIpc) is 2.62. The van der Waals surface area contributed by atoms with Crippen LogP contribution in [0.4, 0.5) is 5.69 Å². The molecule has 1 fully saturated rings. The van der Waals surface area contributed by atoms with Crippen LogP contribution >= 0.6 is 24.0 Å². The van der Waals surface area contributed by atoms with Crippen LogP contribution in [0.5, 0.6) is 0 Å². The third kappa shape index (κ3) is 7.01. The first-order chi connectivity index (χ1) is 12.0. The minimum Gasteiger partial charge on any atom is -0.368 e. The van der Waals surface area contributed by atoms with Crippen molar-refractivity contribution >= 4 is 41.5 Å². The van der Waals surface area contributed by atoms with E-state index in [4.69, 9.17) is 0 Å². The Balaban J connectivity index is 0.00000338. The van der Waals surface area contributed by atoms with Gasteiger partial charge in [-0.25, -0.2) is 4.99 Å². The molecule has 0 unspecified atom stereocenters. The van der Waals surface area contributed by atoms with Gasteiger partial charge in [0.05, 0.1) is 0 Å². The van der Waals surface area contributed by atoms with Gasteiger partial charge in [-0.05, 0) is 18.1 Å². The Morgan fingerprint density at radius 3 is 2.31 bits per heavy atom. The Labute approximate surface area is 174 Å². The molecule has 1 aliphatic rings. The summed E-state index contributed by atoms with van der Waals surface area (Å²) in [4.78, 5) is 22.7. The van der Waals surface area contributed by atoms with Crippen molar-refractivity contribution in [3.63, 3.8) is 0 Å². The van der Waals surface area contributed by atoms with E-state index in [1.807, 2.05) is 6.07 Å². The number of carbonyl (C=O) groups is 1. The zero-order valence-corrected chi connectivity index (χ0v) is 18.6. The summed E-state index contributed by atoms with van der Waals surface area (Å²) < 4.78 is 0. The van der Waals surface area contributed by atoms with Gasteiger partial charge in [0, 0.05) is 52.5 Å². The number of aliphatic imine (C=N–C) groups is 1. The maximum atomic E-state index is 11.9. The summed E-state index contributed by atoms with van der Waals surface area (Å²) in [6.45, 7) is 9.08. The van der Waals surface area contributed by atoms with Crippen molar-refractivity contribution in [2.45, 2.75) is 13.8 Å². The summed E-state index contributed by atoms with van der Waals surface area (Å²) in [5.41, 5.74) is 1.26. The fourth-order valence-electron chi connectivity index (χ4n) is 2.66. The molecule has 6 nitrogen and oxygen atoms in total. The number of para-hydroxylation sites is 1. The topological polar surface area (TPSA) is 51.2 Å². The SMILES string of the molecule is CC(C)CNC(=NCC(=O)N(C)C)N1CCN(c2ccccc2)CC1.I. The molecule has 0 bridgehead atoms. The first-order valence-corrected chi connectivity index (χ1v) is 9.00. The van der Waals surface area contributed by atoms with Crippen LogP contribution in [0, 0.1) is 5.92 Å². The number of hydrogen-bond donors (Lipinski definition) is 1. The maximum absolute atomic E-state index is 11.9. The smallest absolute Gasteiger partial charge is 0.243 e. The lowest BCUT2D eigenvalue weighted by atomic mass is 10.2. The standard InChI is InChI=1S/C19H31N5O.HI/c1-16(2)14-20-19(21-15-18(25)22(3)4)24-12-10-23(11-13-24)17-8-6-5-7-9-17;/h5-9,16H,10-15H2,1-4H3,(H,20,21);1H. The molecule has 146 valence electrons. The number of likely N-dealkylation sites (N-methyl/N-ethyl adjacent to an activating group) is 1. The van der Waals surface area contributed by atoms with Crippen molar-refractivity contribution in [3.05, 3.63) is 30.3 Å². The highest BCUT2D eigenvalue weighted by Crippen LogP contribution is 2.15. The van der Waals surface area contributed by atoms with Gasteiger partial charge in [0.1, 0.15) is 6.54 Å². The van der Waals surface area contributed by atoms with Crippen molar-refractivity contribution in [2.24, 2.45) is 10.9 Å². The third-order valence-electron chi connectivity index (χ3n) is 4.23. The average molecular weight is 473 g/mol. The van der Waals surface area contributed by atoms with Crippen LogP contribution in [-0.4, -0.2) is 75.0 Å². The Kier molecular flexibility index (Phi) is 9.75. The van der Waals surface area contributed by atoms with Gasteiger partial charge in [0.15, 0.2) is 5.96 Å². The number of nitrogens with zero attached hydrogens (tertiary/aromatic N) is 4. The van der Waals surface area contributed by atoms with Crippen LogP contribution in [0.1, 0.15) is 13.8 Å². The summed E-state index contributed by atoms with van der Waals surface area (Å²) >= 11 is 0. The normalized spacial score (nSPS) is 14.9. The van der Waals surface area contributed by atoms with E-state index in [1.54, 1.807) is 19.0 Å². The largest absolute Gasteiger partial charge is 0.368 e. The first-order valence-electron chi connectivity index (χ1n) is 9.00. The van der Waals surface area contributed by atoms with Crippen LogP contribution in [-0.2, 0) is 4.79 Å². The molecule has 1 heterocycles. The van der Waals surface area contributed by atoms with Crippen LogP contribution in [0.25, 0.3) is 0 Å². The molecular formula is C19H32IN5O. The maximum Gasteiger partial charge on any atom is 0.243 e. The lowest BCUT2D eigenvalue weighted by Crippen LogP contribution is -2.53. The summed E-state index contributed by atoms with van der Waals surface area (Å²) in [6.07, 6.45) is 0. The lowest BCUT2D eigenvalue weighted by molar-refractivity contribution is -0.127. The second-order valence-corrected chi connectivity index (χ2v) is 7.01. The quantitative estimate of drug-likeness (QED) is 0.405. The molecule has 1 saturated heterocycles. The van der Waals surface area contributed by atoms with Crippen LogP contribution < -0.4 is 10.2 Å². The van der Waals surface area contributed by atoms with E-state index >= 15 is 0 Å². The van der Waals surface area contributed by atoms with Gasteiger partial charge < -0.3 is 20.0 Å². The van der Waals surface area contributed by atoms with E-state index in [2.05, 4.69) is 58.2 Å². The number of carbonyl (C=O) groups excluding carboxylic acids is 1. The van der Waals surface area contributed by atoms with E-state index in [0.29, 0.717) is 5.92 Å². The molecule has 0 radical (unpaired) electrons. The summed E-state index contributed by atoms with van der Waals surface area (Å²) in [7, 11) is 3.52. The summed E-state index contributed by atoms with van der Waals surface area (Å²) in [6, 6.07) is 10.5. The van der Waals surface area contributed by atoms with Gasteiger partial charge in [-0.15, -0.1) is 24.0 Å². The molecule has 1 amide bonds. The van der Waals surface area contributed by atoms with Gasteiger partial charge >= 0.3 is 0 Å². The van der Waals surface area contributed by atoms with Gasteiger partial charge in [-0.1, -0.05) is 32.0 Å². The minimum absolute atomic E-state index is 0. The minimum atomic E-state index is 0.